The molecule has 1 N–H and O–H groups in total. The molecule has 0 aliphatic rings. The van der Waals surface area contributed by atoms with Crippen molar-refractivity contribution in [3.63, 3.8) is 0 Å². The van der Waals surface area contributed by atoms with E-state index >= 15 is 0 Å². The molecule has 2 aromatic rings. The fourth-order valence-electron chi connectivity index (χ4n) is 3.10. The predicted molar refractivity (Wildman–Crippen MR) is 128 cm³/mol. The molecule has 0 saturated heterocycles. The van der Waals surface area contributed by atoms with Gasteiger partial charge in [-0.1, -0.05) is 43.6 Å². The van der Waals surface area contributed by atoms with Crippen LogP contribution in [0.1, 0.15) is 26.3 Å². The van der Waals surface area contributed by atoms with E-state index in [2.05, 4.69) is 5.32 Å². The molecule has 7 nitrogen and oxygen atoms in total. The zero-order valence-corrected chi connectivity index (χ0v) is 21.0. The Hall–Kier alpha value is -2.72. The maximum Gasteiger partial charge on any atom is 0.244 e. The second kappa shape index (κ2) is 11.6. The largest absolute Gasteiger partial charge is 0.354 e. The number of halogens is 3. The van der Waals surface area contributed by atoms with Crippen molar-refractivity contribution in [2.24, 2.45) is 5.92 Å². The summed E-state index contributed by atoms with van der Waals surface area (Å²) in [4.78, 5) is 27.2. The fraction of sp³-hybridized carbons (Fsp3) is 0.391. The highest BCUT2D eigenvalue weighted by Gasteiger charge is 2.30. The van der Waals surface area contributed by atoms with Gasteiger partial charge in [0.05, 0.1) is 17.0 Å². The van der Waals surface area contributed by atoms with Gasteiger partial charge in [-0.05, 0) is 37.1 Å². The van der Waals surface area contributed by atoms with Gasteiger partial charge >= 0.3 is 0 Å². The normalized spacial score (nSPS) is 12.4. The highest BCUT2D eigenvalue weighted by molar-refractivity contribution is 7.92. The van der Waals surface area contributed by atoms with Crippen molar-refractivity contribution in [1.82, 2.24) is 10.2 Å². The number of nitrogens with one attached hydrogen (secondary N) is 1. The number of rotatable bonds is 10. The third kappa shape index (κ3) is 7.39. The number of hydrogen-bond acceptors (Lipinski definition) is 4. The summed E-state index contributed by atoms with van der Waals surface area (Å²) in [6.07, 6.45) is 0.886. The van der Waals surface area contributed by atoms with Crippen molar-refractivity contribution in [3.8, 4) is 0 Å². The number of hydrogen-bond donors (Lipinski definition) is 1. The third-order valence-electron chi connectivity index (χ3n) is 5.02. The first-order valence-corrected chi connectivity index (χ1v) is 12.8. The summed E-state index contributed by atoms with van der Waals surface area (Å²) in [5, 5.41) is 2.41. The van der Waals surface area contributed by atoms with Gasteiger partial charge in [-0.3, -0.25) is 13.9 Å². The predicted octanol–water partition coefficient (Wildman–Crippen LogP) is 3.57. The number of anilines is 1. The van der Waals surface area contributed by atoms with Gasteiger partial charge < -0.3 is 10.2 Å². The summed E-state index contributed by atoms with van der Waals surface area (Å²) in [6.45, 7) is 4.71. The number of amides is 2. The Bertz CT molecular complexity index is 1140. The number of carbonyl (C=O) groups is 2. The second-order valence-corrected chi connectivity index (χ2v) is 10.6. The first-order chi connectivity index (χ1) is 15.8. The molecule has 11 heteroatoms. The quantitative estimate of drug-likeness (QED) is 0.524. The van der Waals surface area contributed by atoms with Gasteiger partial charge in [0.25, 0.3) is 0 Å². The van der Waals surface area contributed by atoms with Crippen LogP contribution in [0.4, 0.5) is 14.5 Å². The van der Waals surface area contributed by atoms with Gasteiger partial charge in [-0.2, -0.15) is 0 Å². The molecule has 2 rings (SSSR count). The minimum atomic E-state index is -3.99. The highest BCUT2D eigenvalue weighted by atomic mass is 35.5. The summed E-state index contributed by atoms with van der Waals surface area (Å²) in [6, 6.07) is 8.01. The van der Waals surface area contributed by atoms with Crippen molar-refractivity contribution in [3.05, 3.63) is 64.7 Å². The lowest BCUT2D eigenvalue weighted by molar-refractivity contribution is -0.139. The lowest BCUT2D eigenvalue weighted by Crippen LogP contribution is -2.51. The minimum absolute atomic E-state index is 0.0231. The van der Waals surface area contributed by atoms with Crippen LogP contribution in [-0.2, 0) is 26.2 Å². The lowest BCUT2D eigenvalue weighted by atomic mass is 10.1. The number of nitrogens with zero attached hydrogens (tertiary/aromatic N) is 2. The van der Waals surface area contributed by atoms with Crippen molar-refractivity contribution in [2.75, 3.05) is 23.7 Å². The standard InChI is InChI=1S/C23H28ClF2N3O4S/c1-15(2)12-27-23(31)16(3)28(13-17-7-5-6-8-20(17)25)22(30)14-29(34(4,32)33)18-9-10-21(26)19(24)11-18/h5-11,15-16H,12-14H2,1-4H3,(H,27,31)/t16-/m0/s1. The Morgan fingerprint density at radius 2 is 1.71 bits per heavy atom. The van der Waals surface area contributed by atoms with E-state index in [-0.39, 0.29) is 28.7 Å². The molecule has 0 unspecified atom stereocenters. The second-order valence-electron chi connectivity index (χ2n) is 8.30. The number of benzene rings is 2. The molecule has 0 aromatic heterocycles. The summed E-state index contributed by atoms with van der Waals surface area (Å²) in [5.74, 6) is -2.37. The van der Waals surface area contributed by atoms with Gasteiger partial charge in [0.15, 0.2) is 0 Å². The van der Waals surface area contributed by atoms with E-state index in [1.165, 1.54) is 31.2 Å². The molecule has 2 amide bonds. The van der Waals surface area contributed by atoms with E-state index in [0.29, 0.717) is 6.54 Å². The Morgan fingerprint density at radius 1 is 1.06 bits per heavy atom. The monoisotopic (exact) mass is 515 g/mol. The lowest BCUT2D eigenvalue weighted by Gasteiger charge is -2.31. The smallest absolute Gasteiger partial charge is 0.244 e. The molecule has 0 bridgehead atoms. The molecule has 0 heterocycles. The van der Waals surface area contributed by atoms with E-state index < -0.39 is 46.1 Å². The van der Waals surface area contributed by atoms with E-state index in [4.69, 9.17) is 11.6 Å². The molecular formula is C23H28ClF2N3O4S. The first kappa shape index (κ1) is 27.5. The molecule has 1 atom stereocenters. The van der Waals surface area contributed by atoms with Gasteiger partial charge in [0.1, 0.15) is 24.2 Å². The van der Waals surface area contributed by atoms with Crippen LogP contribution >= 0.6 is 11.6 Å². The summed E-state index contributed by atoms with van der Waals surface area (Å²) >= 11 is 5.80. The maximum atomic E-state index is 14.3. The zero-order chi connectivity index (χ0) is 25.6. The van der Waals surface area contributed by atoms with E-state index in [1.807, 2.05) is 13.8 Å². The van der Waals surface area contributed by atoms with Gasteiger partial charge in [-0.25, -0.2) is 17.2 Å². The van der Waals surface area contributed by atoms with Crippen LogP contribution in [0.15, 0.2) is 42.5 Å². The minimum Gasteiger partial charge on any atom is -0.354 e. The maximum absolute atomic E-state index is 14.3. The highest BCUT2D eigenvalue weighted by Crippen LogP contribution is 2.25. The Labute approximate surface area is 203 Å². The molecule has 0 aliphatic heterocycles. The van der Waals surface area contributed by atoms with Crippen molar-refractivity contribution >= 4 is 39.1 Å². The number of sulfonamides is 1. The van der Waals surface area contributed by atoms with Crippen LogP contribution in [0, 0.1) is 17.6 Å². The van der Waals surface area contributed by atoms with E-state index in [9.17, 15) is 26.8 Å². The first-order valence-electron chi connectivity index (χ1n) is 10.5. The number of carbonyl (C=O) groups excluding carboxylic acids is 2. The average molecular weight is 516 g/mol. The van der Waals surface area contributed by atoms with E-state index in [1.54, 1.807) is 6.07 Å². The Morgan fingerprint density at radius 3 is 2.26 bits per heavy atom. The van der Waals surface area contributed by atoms with Crippen LogP contribution < -0.4 is 9.62 Å². The molecule has 186 valence electrons. The molecule has 0 aliphatic carbocycles. The van der Waals surface area contributed by atoms with E-state index in [0.717, 1.165) is 27.6 Å². The molecule has 0 fully saturated rings. The third-order valence-corrected chi connectivity index (χ3v) is 6.45. The van der Waals surface area contributed by atoms with Crippen LogP contribution in [-0.4, -0.2) is 50.5 Å². The Kier molecular flexibility index (Phi) is 9.40. The van der Waals surface area contributed by atoms with Gasteiger partial charge in [0.2, 0.25) is 21.8 Å². The molecule has 0 radical (unpaired) electrons. The molecule has 34 heavy (non-hydrogen) atoms. The van der Waals surface area contributed by atoms with Gasteiger partial charge in [0, 0.05) is 18.7 Å². The molecule has 2 aromatic carbocycles. The summed E-state index contributed by atoms with van der Waals surface area (Å²) < 4.78 is 53.6. The van der Waals surface area contributed by atoms with Crippen LogP contribution in [0.25, 0.3) is 0 Å². The Balaban J connectivity index is 2.40. The van der Waals surface area contributed by atoms with Gasteiger partial charge in [-0.15, -0.1) is 0 Å². The van der Waals surface area contributed by atoms with Crippen molar-refractivity contribution in [2.45, 2.75) is 33.4 Å². The summed E-state index contributed by atoms with van der Waals surface area (Å²) in [7, 11) is -3.99. The topological polar surface area (TPSA) is 86.8 Å². The fourth-order valence-corrected chi connectivity index (χ4v) is 4.12. The van der Waals surface area contributed by atoms with Crippen LogP contribution in [0.2, 0.25) is 5.02 Å². The summed E-state index contributed by atoms with van der Waals surface area (Å²) in [5.41, 5.74) is 0.139. The molecule has 0 saturated carbocycles. The molecular weight excluding hydrogens is 488 g/mol. The molecule has 0 spiro atoms. The van der Waals surface area contributed by atoms with Crippen LogP contribution in [0.5, 0.6) is 0 Å². The SMILES string of the molecule is CC(C)CNC(=O)[C@H](C)N(Cc1ccccc1F)C(=O)CN(c1ccc(F)c(Cl)c1)S(C)(=O)=O. The van der Waals surface area contributed by atoms with Crippen LogP contribution in [0.3, 0.4) is 0 Å². The zero-order valence-electron chi connectivity index (χ0n) is 19.4. The van der Waals surface area contributed by atoms with Crippen molar-refractivity contribution in [1.29, 1.82) is 0 Å². The average Bonchev–Trinajstić information content (AvgIpc) is 2.75. The van der Waals surface area contributed by atoms with Crippen molar-refractivity contribution < 1.29 is 26.8 Å².